The Morgan fingerprint density at radius 2 is 1.88 bits per heavy atom. The molecule has 0 aromatic heterocycles. The van der Waals surface area contributed by atoms with E-state index in [1.54, 1.807) is 0 Å². The monoisotopic (exact) mass is 332 g/mol. The zero-order valence-corrected chi connectivity index (χ0v) is 14.7. The molecule has 0 bridgehead atoms. The lowest BCUT2D eigenvalue weighted by Crippen LogP contribution is -2.40. The minimum atomic E-state index is -0.371. The fourth-order valence-corrected chi connectivity index (χ4v) is 3.82. The molecule has 134 valence electrons. The maximum absolute atomic E-state index is 10.4. The van der Waals surface area contributed by atoms with Crippen molar-refractivity contribution >= 4 is 0 Å². The van der Waals surface area contributed by atoms with E-state index in [1.165, 1.54) is 32.1 Å². The van der Waals surface area contributed by atoms with Crippen LogP contribution >= 0.6 is 0 Å². The summed E-state index contributed by atoms with van der Waals surface area (Å²) in [6, 6.07) is 10.00. The number of nitrogens with zero attached hydrogens (tertiary/aromatic N) is 1. The Hall–Kier alpha value is -0.940. The summed E-state index contributed by atoms with van der Waals surface area (Å²) in [7, 11) is 0. The van der Waals surface area contributed by atoms with Crippen LogP contribution in [-0.4, -0.2) is 55.4 Å². The van der Waals surface area contributed by atoms with Crippen LogP contribution in [0, 0.1) is 5.92 Å². The molecule has 1 aromatic carbocycles. The van der Waals surface area contributed by atoms with E-state index in [4.69, 9.17) is 4.74 Å². The number of benzene rings is 1. The molecule has 0 aliphatic carbocycles. The van der Waals surface area contributed by atoms with Crippen LogP contribution in [0.4, 0.5) is 0 Å². The molecule has 0 unspecified atom stereocenters. The van der Waals surface area contributed by atoms with E-state index in [9.17, 15) is 5.11 Å². The number of aliphatic hydroxyl groups is 1. The zero-order valence-electron chi connectivity index (χ0n) is 14.7. The summed E-state index contributed by atoms with van der Waals surface area (Å²) < 4.78 is 5.77. The summed E-state index contributed by atoms with van der Waals surface area (Å²) in [5.41, 5.74) is 1.02. The molecular weight excluding hydrogens is 300 g/mol. The SMILES string of the molecule is O[C@H](CN1CCC(CNC[C@@H]2CCCCO2)CC1)c1ccccc1. The molecule has 2 saturated heterocycles. The Balaban J connectivity index is 1.31. The third-order valence-corrected chi connectivity index (χ3v) is 5.40. The molecule has 0 radical (unpaired) electrons. The Morgan fingerprint density at radius 1 is 1.08 bits per heavy atom. The molecule has 0 spiro atoms. The first-order valence-corrected chi connectivity index (χ1v) is 9.59. The minimum Gasteiger partial charge on any atom is -0.387 e. The van der Waals surface area contributed by atoms with E-state index in [1.807, 2.05) is 30.3 Å². The van der Waals surface area contributed by atoms with Crippen LogP contribution in [0.25, 0.3) is 0 Å². The maximum atomic E-state index is 10.4. The summed E-state index contributed by atoms with van der Waals surface area (Å²) >= 11 is 0. The van der Waals surface area contributed by atoms with Crippen molar-refractivity contribution in [2.75, 3.05) is 39.3 Å². The van der Waals surface area contributed by atoms with Gasteiger partial charge in [-0.15, -0.1) is 0 Å². The molecule has 1 aromatic rings. The van der Waals surface area contributed by atoms with Crippen LogP contribution in [0.3, 0.4) is 0 Å². The number of nitrogens with one attached hydrogen (secondary N) is 1. The molecular formula is C20H32N2O2. The van der Waals surface area contributed by atoms with Gasteiger partial charge in [0.2, 0.25) is 0 Å². The van der Waals surface area contributed by atoms with Gasteiger partial charge in [-0.2, -0.15) is 0 Å². The Morgan fingerprint density at radius 3 is 2.58 bits per heavy atom. The van der Waals surface area contributed by atoms with Crippen LogP contribution in [0.2, 0.25) is 0 Å². The van der Waals surface area contributed by atoms with Crippen LogP contribution in [0.15, 0.2) is 30.3 Å². The second-order valence-electron chi connectivity index (χ2n) is 7.32. The van der Waals surface area contributed by atoms with Crippen molar-refractivity contribution in [1.29, 1.82) is 0 Å². The summed E-state index contributed by atoms with van der Waals surface area (Å²) in [6.07, 6.45) is 6.26. The van der Waals surface area contributed by atoms with Gasteiger partial charge in [0.15, 0.2) is 0 Å². The predicted molar refractivity (Wildman–Crippen MR) is 97.0 cm³/mol. The third-order valence-electron chi connectivity index (χ3n) is 5.40. The molecule has 3 rings (SSSR count). The average molecular weight is 332 g/mol. The Labute approximate surface area is 146 Å². The first-order valence-electron chi connectivity index (χ1n) is 9.59. The largest absolute Gasteiger partial charge is 0.387 e. The Kier molecular flexibility index (Phi) is 7.09. The second-order valence-corrected chi connectivity index (χ2v) is 7.32. The fourth-order valence-electron chi connectivity index (χ4n) is 3.82. The van der Waals surface area contributed by atoms with Gasteiger partial charge in [-0.05, 0) is 63.2 Å². The molecule has 2 heterocycles. The van der Waals surface area contributed by atoms with Gasteiger partial charge < -0.3 is 20.1 Å². The number of hydrogen-bond acceptors (Lipinski definition) is 4. The Bertz CT molecular complexity index is 454. The molecule has 2 fully saturated rings. The lowest BCUT2D eigenvalue weighted by atomic mass is 9.96. The number of rotatable bonds is 7. The van der Waals surface area contributed by atoms with Crippen molar-refractivity contribution in [3.05, 3.63) is 35.9 Å². The van der Waals surface area contributed by atoms with Crippen LogP contribution in [-0.2, 0) is 4.74 Å². The number of piperidine rings is 1. The smallest absolute Gasteiger partial charge is 0.0916 e. The standard InChI is InChI=1S/C20H32N2O2/c23-20(18-6-2-1-3-7-18)16-22-11-9-17(10-12-22)14-21-15-19-8-4-5-13-24-19/h1-3,6-7,17,19-21,23H,4-5,8-16H2/t19-,20+/m0/s1. The molecule has 0 saturated carbocycles. The fraction of sp³-hybridized carbons (Fsp3) is 0.700. The van der Waals surface area contributed by atoms with Crippen LogP contribution in [0.5, 0.6) is 0 Å². The highest BCUT2D eigenvalue weighted by atomic mass is 16.5. The van der Waals surface area contributed by atoms with Gasteiger partial charge in [0.1, 0.15) is 0 Å². The molecule has 2 N–H and O–H groups in total. The van der Waals surface area contributed by atoms with Crippen molar-refractivity contribution in [3.63, 3.8) is 0 Å². The maximum Gasteiger partial charge on any atom is 0.0916 e. The number of β-amino-alcohol motifs (C(OH)–C–C–N with tert-alkyl or cyclic N) is 1. The third kappa shape index (κ3) is 5.55. The zero-order chi connectivity index (χ0) is 16.6. The van der Waals surface area contributed by atoms with E-state index in [0.717, 1.165) is 50.8 Å². The summed E-state index contributed by atoms with van der Waals surface area (Å²) in [6.45, 7) is 5.99. The summed E-state index contributed by atoms with van der Waals surface area (Å²) in [4.78, 5) is 2.40. The van der Waals surface area contributed by atoms with Crippen LogP contribution in [0.1, 0.15) is 43.8 Å². The number of aliphatic hydroxyl groups excluding tert-OH is 1. The summed E-state index contributed by atoms with van der Waals surface area (Å²) in [5, 5.41) is 14.0. The number of likely N-dealkylation sites (tertiary alicyclic amines) is 1. The van der Waals surface area contributed by atoms with E-state index in [0.29, 0.717) is 6.10 Å². The summed E-state index contributed by atoms with van der Waals surface area (Å²) in [5.74, 6) is 0.763. The lowest BCUT2D eigenvalue weighted by Gasteiger charge is -2.33. The van der Waals surface area contributed by atoms with E-state index in [-0.39, 0.29) is 6.10 Å². The molecule has 4 heteroatoms. The number of hydrogen-bond donors (Lipinski definition) is 2. The van der Waals surface area contributed by atoms with E-state index < -0.39 is 0 Å². The van der Waals surface area contributed by atoms with Crippen molar-refractivity contribution in [2.24, 2.45) is 5.92 Å². The van der Waals surface area contributed by atoms with E-state index >= 15 is 0 Å². The van der Waals surface area contributed by atoms with Gasteiger partial charge in [0.05, 0.1) is 12.2 Å². The van der Waals surface area contributed by atoms with Crippen LogP contribution < -0.4 is 5.32 Å². The molecule has 2 atom stereocenters. The van der Waals surface area contributed by atoms with Crippen molar-refractivity contribution in [3.8, 4) is 0 Å². The average Bonchev–Trinajstić information content (AvgIpc) is 2.65. The molecule has 4 nitrogen and oxygen atoms in total. The quantitative estimate of drug-likeness (QED) is 0.806. The minimum absolute atomic E-state index is 0.371. The van der Waals surface area contributed by atoms with Gasteiger partial charge in [0.25, 0.3) is 0 Å². The van der Waals surface area contributed by atoms with Crippen molar-refractivity contribution < 1.29 is 9.84 Å². The normalized spacial score (nSPS) is 24.8. The van der Waals surface area contributed by atoms with E-state index in [2.05, 4.69) is 10.2 Å². The molecule has 2 aliphatic heterocycles. The topological polar surface area (TPSA) is 44.7 Å². The second kappa shape index (κ2) is 9.52. The van der Waals surface area contributed by atoms with Gasteiger partial charge in [-0.25, -0.2) is 0 Å². The van der Waals surface area contributed by atoms with Gasteiger partial charge in [-0.3, -0.25) is 0 Å². The number of ether oxygens (including phenoxy) is 1. The van der Waals surface area contributed by atoms with Gasteiger partial charge >= 0.3 is 0 Å². The highest BCUT2D eigenvalue weighted by Crippen LogP contribution is 2.20. The molecule has 24 heavy (non-hydrogen) atoms. The predicted octanol–water partition coefficient (Wildman–Crippen LogP) is 2.59. The van der Waals surface area contributed by atoms with Crippen molar-refractivity contribution in [1.82, 2.24) is 10.2 Å². The van der Waals surface area contributed by atoms with Gasteiger partial charge in [-0.1, -0.05) is 30.3 Å². The molecule has 2 aliphatic rings. The lowest BCUT2D eigenvalue weighted by molar-refractivity contribution is 0.0158. The van der Waals surface area contributed by atoms with Crippen molar-refractivity contribution in [2.45, 2.75) is 44.3 Å². The first kappa shape index (κ1) is 17.9. The first-order chi connectivity index (χ1) is 11.8. The molecule has 0 amide bonds. The van der Waals surface area contributed by atoms with Gasteiger partial charge in [0, 0.05) is 19.7 Å². The highest BCUT2D eigenvalue weighted by Gasteiger charge is 2.22. The highest BCUT2D eigenvalue weighted by molar-refractivity contribution is 5.17.